The molecule has 2 rings (SSSR count). The van der Waals surface area contributed by atoms with E-state index in [-0.39, 0.29) is 28.2 Å². The smallest absolute Gasteiger partial charge is 0.187 e. The quantitative estimate of drug-likeness (QED) is 0.833. The first-order valence-corrected chi connectivity index (χ1v) is 11.2. The Morgan fingerprint density at radius 2 is 1.75 bits per heavy atom. The third kappa shape index (κ3) is 3.75. The highest BCUT2D eigenvalue weighted by Gasteiger charge is 2.46. The van der Waals surface area contributed by atoms with Crippen LogP contribution in [0, 0.1) is 13.8 Å². The Balaban J connectivity index is 2.55. The van der Waals surface area contributed by atoms with Gasteiger partial charge >= 0.3 is 0 Å². The van der Waals surface area contributed by atoms with Crippen molar-refractivity contribution >= 4 is 19.7 Å². The molecule has 0 radical (unpaired) electrons. The summed E-state index contributed by atoms with van der Waals surface area (Å²) in [5, 5.41) is 2.07. The molecule has 1 aliphatic rings. The number of methoxy groups -OCH3 is 1. The van der Waals surface area contributed by atoms with Crippen molar-refractivity contribution in [2.75, 3.05) is 18.6 Å². The molecule has 8 heteroatoms. The summed E-state index contributed by atoms with van der Waals surface area (Å²) in [4.78, 5) is 0.0609. The molecule has 24 heavy (non-hydrogen) atoms. The first-order chi connectivity index (χ1) is 11.0. The maximum atomic E-state index is 13.2. The van der Waals surface area contributed by atoms with Gasteiger partial charge < -0.3 is 10.1 Å². The predicted molar refractivity (Wildman–Crippen MR) is 94.2 cm³/mol. The fourth-order valence-electron chi connectivity index (χ4n) is 3.01. The average Bonchev–Trinajstić information content (AvgIpc) is 2.75. The van der Waals surface area contributed by atoms with Gasteiger partial charge in [-0.3, -0.25) is 0 Å². The monoisotopic (exact) mass is 375 g/mol. The minimum Gasteiger partial charge on any atom is -0.495 e. The minimum absolute atomic E-state index is 0.0114. The van der Waals surface area contributed by atoms with Crippen molar-refractivity contribution in [3.63, 3.8) is 0 Å². The van der Waals surface area contributed by atoms with Gasteiger partial charge in [0.1, 0.15) is 10.6 Å². The molecule has 0 spiro atoms. The summed E-state index contributed by atoms with van der Waals surface area (Å²) in [7, 11) is -5.84. The van der Waals surface area contributed by atoms with Crippen LogP contribution in [0.15, 0.2) is 17.0 Å². The first kappa shape index (κ1) is 19.2. The molecule has 1 aliphatic heterocycles. The van der Waals surface area contributed by atoms with Crippen LogP contribution in [0.25, 0.3) is 0 Å². The number of ether oxygens (including phenoxy) is 1. The van der Waals surface area contributed by atoms with Crippen LogP contribution < -0.4 is 10.1 Å². The van der Waals surface area contributed by atoms with Crippen LogP contribution in [0.4, 0.5) is 0 Å². The summed E-state index contributed by atoms with van der Waals surface area (Å²) in [6.45, 7) is 7.43. The van der Waals surface area contributed by atoms with Gasteiger partial charge in [0.15, 0.2) is 19.7 Å². The van der Waals surface area contributed by atoms with E-state index in [1.807, 2.05) is 27.7 Å². The zero-order valence-electron chi connectivity index (χ0n) is 14.7. The number of sulfone groups is 2. The second-order valence-corrected chi connectivity index (χ2v) is 11.0. The van der Waals surface area contributed by atoms with Gasteiger partial charge in [-0.15, -0.1) is 0 Å². The zero-order valence-corrected chi connectivity index (χ0v) is 16.3. The van der Waals surface area contributed by atoms with Crippen molar-refractivity contribution in [2.45, 2.75) is 49.9 Å². The number of hydrogen-bond donors (Lipinski definition) is 1. The number of hydrogen-bond acceptors (Lipinski definition) is 6. The average molecular weight is 376 g/mol. The molecule has 0 unspecified atom stereocenters. The van der Waals surface area contributed by atoms with Crippen molar-refractivity contribution in [1.82, 2.24) is 5.32 Å². The minimum atomic E-state index is -3.85. The van der Waals surface area contributed by atoms with Crippen molar-refractivity contribution in [2.24, 2.45) is 0 Å². The number of rotatable bonds is 5. The molecule has 1 aromatic carbocycles. The molecule has 0 aromatic heterocycles. The van der Waals surface area contributed by atoms with Crippen LogP contribution in [-0.2, 0) is 19.7 Å². The molecule has 136 valence electrons. The molecule has 1 aromatic rings. The topological polar surface area (TPSA) is 89.5 Å². The molecule has 6 nitrogen and oxygen atoms in total. The van der Waals surface area contributed by atoms with Crippen molar-refractivity contribution in [3.8, 4) is 5.75 Å². The Bertz CT molecular complexity index is 828. The van der Waals surface area contributed by atoms with E-state index >= 15 is 0 Å². The maximum Gasteiger partial charge on any atom is 0.187 e. The predicted octanol–water partition coefficient (Wildman–Crippen LogP) is 1.25. The van der Waals surface area contributed by atoms with Gasteiger partial charge in [-0.2, -0.15) is 0 Å². The lowest BCUT2D eigenvalue weighted by atomic mass is 10.1. The van der Waals surface area contributed by atoms with Crippen LogP contribution in [0.5, 0.6) is 5.75 Å². The van der Waals surface area contributed by atoms with Crippen molar-refractivity contribution < 1.29 is 21.6 Å². The van der Waals surface area contributed by atoms with E-state index in [1.165, 1.54) is 7.11 Å². The van der Waals surface area contributed by atoms with E-state index in [0.717, 1.165) is 11.1 Å². The van der Waals surface area contributed by atoms with Crippen molar-refractivity contribution in [3.05, 3.63) is 23.3 Å². The summed E-state index contributed by atoms with van der Waals surface area (Å²) in [5.74, 6) is -0.274. The maximum absolute atomic E-state index is 13.2. The van der Waals surface area contributed by atoms with E-state index in [0.29, 0.717) is 0 Å². The fourth-order valence-corrected chi connectivity index (χ4v) is 7.92. The third-order valence-electron chi connectivity index (χ3n) is 4.33. The van der Waals surface area contributed by atoms with Crippen LogP contribution in [0.1, 0.15) is 25.0 Å². The van der Waals surface area contributed by atoms with Gasteiger partial charge in [0.2, 0.25) is 0 Å². The third-order valence-corrected chi connectivity index (χ3v) is 8.50. The SMILES string of the molecule is COc1cc(C)c(C)cc1S(=O)(=O)[C@H]1CS(=O)(=O)C[C@@H]1NC(C)C. The molecule has 1 fully saturated rings. The number of aryl methyl sites for hydroxylation is 2. The molecule has 2 atom stereocenters. The molecular weight excluding hydrogens is 350 g/mol. The highest BCUT2D eigenvalue weighted by atomic mass is 32.2. The molecule has 0 bridgehead atoms. The van der Waals surface area contributed by atoms with Crippen LogP contribution >= 0.6 is 0 Å². The van der Waals surface area contributed by atoms with E-state index in [4.69, 9.17) is 4.74 Å². The summed E-state index contributed by atoms with van der Waals surface area (Å²) in [6, 6.07) is 2.62. The highest BCUT2D eigenvalue weighted by Crippen LogP contribution is 2.33. The summed E-state index contributed by atoms with van der Waals surface area (Å²) in [6.07, 6.45) is 0. The van der Waals surface area contributed by atoms with E-state index in [2.05, 4.69) is 5.32 Å². The Kier molecular flexibility index (Phi) is 5.32. The lowest BCUT2D eigenvalue weighted by Gasteiger charge is -2.23. The van der Waals surface area contributed by atoms with Gasteiger partial charge in [-0.1, -0.05) is 13.8 Å². The summed E-state index contributed by atoms with van der Waals surface area (Å²) in [5.41, 5.74) is 1.74. The van der Waals surface area contributed by atoms with Gasteiger partial charge in [0.05, 0.1) is 23.9 Å². The normalized spacial score (nSPS) is 23.6. The Morgan fingerprint density at radius 1 is 1.17 bits per heavy atom. The molecule has 1 saturated heterocycles. The van der Waals surface area contributed by atoms with Gasteiger partial charge in [0.25, 0.3) is 0 Å². The molecule has 1 heterocycles. The number of nitrogens with one attached hydrogen (secondary N) is 1. The van der Waals surface area contributed by atoms with Gasteiger partial charge in [-0.25, -0.2) is 16.8 Å². The second kappa shape index (κ2) is 6.65. The van der Waals surface area contributed by atoms with E-state index in [9.17, 15) is 16.8 Å². The van der Waals surface area contributed by atoms with Gasteiger partial charge in [-0.05, 0) is 37.1 Å². The van der Waals surface area contributed by atoms with E-state index < -0.39 is 31.0 Å². The van der Waals surface area contributed by atoms with Crippen LogP contribution in [0.3, 0.4) is 0 Å². The standard InChI is InChI=1S/C16H25NO5S2/c1-10(2)17-13-8-23(18,19)9-16(13)24(20,21)15-7-12(4)11(3)6-14(15)22-5/h6-7,10,13,16-17H,8-9H2,1-5H3/t13-,16-/m0/s1. The molecule has 0 aliphatic carbocycles. The Labute approximate surface area is 144 Å². The largest absolute Gasteiger partial charge is 0.495 e. The Morgan fingerprint density at radius 3 is 2.29 bits per heavy atom. The summed E-state index contributed by atoms with van der Waals surface area (Å²) >= 11 is 0. The van der Waals surface area contributed by atoms with Crippen LogP contribution in [0.2, 0.25) is 0 Å². The fraction of sp³-hybridized carbons (Fsp3) is 0.625. The molecule has 1 N–H and O–H groups in total. The van der Waals surface area contributed by atoms with Gasteiger partial charge in [0, 0.05) is 12.1 Å². The molecule has 0 amide bonds. The molecular formula is C16H25NO5S2. The lowest BCUT2D eigenvalue weighted by Crippen LogP contribution is -2.46. The summed E-state index contributed by atoms with van der Waals surface area (Å²) < 4.78 is 55.7. The number of benzene rings is 1. The molecule has 0 saturated carbocycles. The Hall–Kier alpha value is -1.12. The van der Waals surface area contributed by atoms with Crippen LogP contribution in [-0.4, -0.2) is 52.8 Å². The zero-order chi connectivity index (χ0) is 18.3. The van der Waals surface area contributed by atoms with Crippen molar-refractivity contribution in [1.29, 1.82) is 0 Å². The lowest BCUT2D eigenvalue weighted by molar-refractivity contribution is 0.401. The second-order valence-electron chi connectivity index (χ2n) is 6.68. The first-order valence-electron chi connectivity index (χ1n) is 7.83. The highest BCUT2D eigenvalue weighted by molar-refractivity contribution is 7.96. The van der Waals surface area contributed by atoms with E-state index in [1.54, 1.807) is 12.1 Å².